The zero-order valence-electron chi connectivity index (χ0n) is 11.2. The number of carboxylic acid groups (broad SMARTS) is 1. The molecule has 0 bridgehead atoms. The van der Waals surface area contributed by atoms with Crippen molar-refractivity contribution in [2.45, 2.75) is 44.4 Å². The first-order valence-electron chi connectivity index (χ1n) is 6.52. The molecule has 1 fully saturated rings. The average molecular weight is 302 g/mol. The maximum absolute atomic E-state index is 12.1. The van der Waals surface area contributed by atoms with Crippen LogP contribution in [-0.2, 0) is 20.6 Å². The fourth-order valence-corrected chi connectivity index (χ4v) is 3.87. The zero-order chi connectivity index (χ0) is 14.8. The van der Waals surface area contributed by atoms with E-state index in [0.717, 1.165) is 12.8 Å². The number of aromatic nitrogens is 1. The minimum atomic E-state index is -3.62. The van der Waals surface area contributed by atoms with Crippen LogP contribution in [-0.4, -0.2) is 30.7 Å². The van der Waals surface area contributed by atoms with E-state index in [1.54, 1.807) is 13.0 Å². The highest BCUT2D eigenvalue weighted by molar-refractivity contribution is 7.88. The van der Waals surface area contributed by atoms with Crippen LogP contribution in [0.25, 0.3) is 0 Å². The van der Waals surface area contributed by atoms with Crippen LogP contribution in [0.1, 0.15) is 37.1 Å². The van der Waals surface area contributed by atoms with Crippen molar-refractivity contribution in [1.82, 2.24) is 9.88 Å². The van der Waals surface area contributed by atoms with E-state index in [1.807, 2.05) is 0 Å². The molecule has 0 spiro atoms. The molecule has 2 N–H and O–H groups in total. The molecule has 2 rings (SSSR count). The summed E-state index contributed by atoms with van der Waals surface area (Å²) < 4.78 is 31.4. The van der Waals surface area contributed by atoms with Crippen LogP contribution in [0, 0.1) is 12.8 Å². The number of hydrogen-bond acceptors (Lipinski definition) is 5. The van der Waals surface area contributed by atoms with Crippen LogP contribution in [0.2, 0.25) is 0 Å². The van der Waals surface area contributed by atoms with Crippen LogP contribution in [0.15, 0.2) is 10.6 Å². The quantitative estimate of drug-likeness (QED) is 0.841. The second-order valence-corrected chi connectivity index (χ2v) is 6.90. The van der Waals surface area contributed by atoms with Gasteiger partial charge in [-0.15, -0.1) is 0 Å². The Labute approximate surface area is 117 Å². The molecular formula is C12H18N2O5S. The number of sulfonamides is 1. The average Bonchev–Trinajstić information content (AvgIpc) is 2.73. The first-order chi connectivity index (χ1) is 9.37. The SMILES string of the molecule is Cc1cc(CS(=O)(=O)NC2CCCCC2C(=O)O)no1. The van der Waals surface area contributed by atoms with Crippen molar-refractivity contribution in [2.75, 3.05) is 0 Å². The van der Waals surface area contributed by atoms with Crippen LogP contribution >= 0.6 is 0 Å². The lowest BCUT2D eigenvalue weighted by molar-refractivity contribution is -0.143. The Morgan fingerprint density at radius 2 is 2.20 bits per heavy atom. The summed E-state index contributed by atoms with van der Waals surface area (Å²) in [5, 5.41) is 12.8. The number of nitrogens with one attached hydrogen (secondary N) is 1. The molecular weight excluding hydrogens is 284 g/mol. The highest BCUT2D eigenvalue weighted by Crippen LogP contribution is 2.25. The van der Waals surface area contributed by atoms with Gasteiger partial charge in [-0.2, -0.15) is 0 Å². The minimum Gasteiger partial charge on any atom is -0.481 e. The summed E-state index contributed by atoms with van der Waals surface area (Å²) in [5.74, 6) is -1.36. The minimum absolute atomic E-state index is 0.298. The topological polar surface area (TPSA) is 110 Å². The fraction of sp³-hybridized carbons (Fsp3) is 0.667. The van der Waals surface area contributed by atoms with Crippen molar-refractivity contribution < 1.29 is 22.8 Å². The molecule has 0 aliphatic heterocycles. The van der Waals surface area contributed by atoms with Crippen molar-refractivity contribution >= 4 is 16.0 Å². The Kier molecular flexibility index (Phi) is 4.44. The molecule has 2 atom stereocenters. The second-order valence-electron chi connectivity index (χ2n) is 5.14. The number of aliphatic carboxylic acids is 1. The largest absolute Gasteiger partial charge is 0.481 e. The van der Waals surface area contributed by atoms with Crippen molar-refractivity contribution in [1.29, 1.82) is 0 Å². The van der Waals surface area contributed by atoms with Crippen LogP contribution < -0.4 is 4.72 Å². The van der Waals surface area contributed by atoms with E-state index < -0.39 is 28.0 Å². The zero-order valence-corrected chi connectivity index (χ0v) is 12.0. The molecule has 1 heterocycles. The van der Waals surface area contributed by atoms with Crippen molar-refractivity contribution in [2.24, 2.45) is 5.92 Å². The third-order valence-corrected chi connectivity index (χ3v) is 4.77. The Hall–Kier alpha value is -1.41. The van der Waals surface area contributed by atoms with Gasteiger partial charge in [0, 0.05) is 12.1 Å². The second kappa shape index (κ2) is 5.92. The van der Waals surface area contributed by atoms with E-state index in [9.17, 15) is 13.2 Å². The van der Waals surface area contributed by atoms with Gasteiger partial charge in [-0.25, -0.2) is 13.1 Å². The van der Waals surface area contributed by atoms with Gasteiger partial charge < -0.3 is 9.63 Å². The van der Waals surface area contributed by atoms with E-state index in [0.29, 0.717) is 24.3 Å². The van der Waals surface area contributed by atoms with Crippen LogP contribution in [0.3, 0.4) is 0 Å². The Bertz CT molecular complexity index is 580. The highest BCUT2D eigenvalue weighted by Gasteiger charge is 2.33. The maximum atomic E-state index is 12.1. The number of nitrogens with zero attached hydrogens (tertiary/aromatic N) is 1. The molecule has 8 heteroatoms. The summed E-state index contributed by atoms with van der Waals surface area (Å²) in [7, 11) is -3.62. The predicted octanol–water partition coefficient (Wildman–Crippen LogP) is 1.05. The van der Waals surface area contributed by atoms with E-state index >= 15 is 0 Å². The lowest BCUT2D eigenvalue weighted by Crippen LogP contribution is -2.45. The summed E-state index contributed by atoms with van der Waals surface area (Å²) in [4.78, 5) is 11.2. The normalized spacial score (nSPS) is 23.6. The molecule has 0 radical (unpaired) electrons. The van der Waals surface area contributed by atoms with Gasteiger partial charge in [0.2, 0.25) is 10.0 Å². The Balaban J connectivity index is 2.04. The Morgan fingerprint density at radius 1 is 1.50 bits per heavy atom. The molecule has 20 heavy (non-hydrogen) atoms. The summed E-state index contributed by atoms with van der Waals surface area (Å²) in [6, 6.07) is 1.01. The van der Waals surface area contributed by atoms with Gasteiger partial charge in [0.15, 0.2) is 0 Å². The molecule has 1 aliphatic rings. The van der Waals surface area contributed by atoms with Crippen molar-refractivity contribution in [3.8, 4) is 0 Å². The van der Waals surface area contributed by atoms with Gasteiger partial charge in [-0.05, 0) is 19.8 Å². The van der Waals surface area contributed by atoms with E-state index in [-0.39, 0.29) is 5.75 Å². The van der Waals surface area contributed by atoms with Crippen molar-refractivity contribution in [3.05, 3.63) is 17.5 Å². The molecule has 1 aliphatic carbocycles. The number of rotatable bonds is 5. The van der Waals surface area contributed by atoms with E-state index in [1.165, 1.54) is 0 Å². The third-order valence-electron chi connectivity index (χ3n) is 3.43. The summed E-state index contributed by atoms with van der Waals surface area (Å²) in [6.45, 7) is 1.68. The lowest BCUT2D eigenvalue weighted by atomic mass is 9.85. The number of carbonyl (C=O) groups is 1. The summed E-state index contributed by atoms with van der Waals surface area (Å²) >= 11 is 0. The fourth-order valence-electron chi connectivity index (χ4n) is 2.52. The monoisotopic (exact) mass is 302 g/mol. The summed E-state index contributed by atoms with van der Waals surface area (Å²) in [5.41, 5.74) is 0.317. The lowest BCUT2D eigenvalue weighted by Gasteiger charge is -2.28. The van der Waals surface area contributed by atoms with Gasteiger partial charge >= 0.3 is 5.97 Å². The van der Waals surface area contributed by atoms with Crippen LogP contribution in [0.4, 0.5) is 0 Å². The highest BCUT2D eigenvalue weighted by atomic mass is 32.2. The molecule has 2 unspecified atom stereocenters. The first kappa shape index (κ1) is 15.0. The molecule has 0 saturated heterocycles. The molecule has 1 aromatic heterocycles. The number of aryl methyl sites for hydroxylation is 1. The number of carboxylic acids is 1. The molecule has 7 nitrogen and oxygen atoms in total. The molecule has 1 saturated carbocycles. The molecule has 0 amide bonds. The van der Waals surface area contributed by atoms with Crippen LogP contribution in [0.5, 0.6) is 0 Å². The predicted molar refractivity (Wildman–Crippen MR) is 70.4 cm³/mol. The standard InChI is InChI=1S/C12H18N2O5S/c1-8-6-9(13-19-8)7-20(17,18)14-11-5-3-2-4-10(11)12(15)16/h6,10-11,14H,2-5,7H2,1H3,(H,15,16). The maximum Gasteiger partial charge on any atom is 0.308 e. The Morgan fingerprint density at radius 3 is 2.80 bits per heavy atom. The van der Waals surface area contributed by atoms with Gasteiger partial charge in [0.25, 0.3) is 0 Å². The number of hydrogen-bond donors (Lipinski definition) is 2. The molecule has 1 aromatic rings. The van der Waals surface area contributed by atoms with Gasteiger partial charge in [0.1, 0.15) is 17.2 Å². The van der Waals surface area contributed by atoms with E-state index in [2.05, 4.69) is 9.88 Å². The molecule has 0 aromatic carbocycles. The molecule has 112 valence electrons. The van der Waals surface area contributed by atoms with Crippen molar-refractivity contribution in [3.63, 3.8) is 0 Å². The van der Waals surface area contributed by atoms with E-state index in [4.69, 9.17) is 9.63 Å². The smallest absolute Gasteiger partial charge is 0.308 e. The van der Waals surface area contributed by atoms with Gasteiger partial charge in [0.05, 0.1) is 5.92 Å². The van der Waals surface area contributed by atoms with Gasteiger partial charge in [-0.3, -0.25) is 4.79 Å². The summed E-state index contributed by atoms with van der Waals surface area (Å²) in [6.07, 6.45) is 2.71. The third kappa shape index (κ3) is 3.80. The first-order valence-corrected chi connectivity index (χ1v) is 8.17. The van der Waals surface area contributed by atoms with Gasteiger partial charge in [-0.1, -0.05) is 18.0 Å².